The summed E-state index contributed by atoms with van der Waals surface area (Å²) >= 11 is 0. The molecule has 1 amide bonds. The van der Waals surface area contributed by atoms with E-state index in [2.05, 4.69) is 0 Å². The molecule has 0 saturated heterocycles. The van der Waals surface area contributed by atoms with Crippen molar-refractivity contribution in [3.63, 3.8) is 0 Å². The number of carboxylic acid groups (broad SMARTS) is 1. The van der Waals surface area contributed by atoms with Crippen LogP contribution in [0.15, 0.2) is 12.1 Å². The van der Waals surface area contributed by atoms with Gasteiger partial charge < -0.3 is 14.7 Å². The van der Waals surface area contributed by atoms with Crippen molar-refractivity contribution in [3.8, 4) is 5.75 Å². The standard InChI is InChI=1S/C17H25NO4/c1-11(2)10-18(7-6-15(19)20)17(21)14-8-12(3)16(22-5)13(4)9-14/h8-9,11H,6-7,10H2,1-5H3,(H,19,20). The second kappa shape index (κ2) is 7.82. The maximum Gasteiger partial charge on any atom is 0.305 e. The van der Waals surface area contributed by atoms with Crippen molar-refractivity contribution in [2.45, 2.75) is 34.1 Å². The van der Waals surface area contributed by atoms with Crippen LogP contribution >= 0.6 is 0 Å². The van der Waals surface area contributed by atoms with Crippen LogP contribution in [0.3, 0.4) is 0 Å². The number of aryl methyl sites for hydroxylation is 2. The lowest BCUT2D eigenvalue weighted by molar-refractivity contribution is -0.137. The third-order valence-electron chi connectivity index (χ3n) is 3.38. The largest absolute Gasteiger partial charge is 0.496 e. The van der Waals surface area contributed by atoms with Crippen molar-refractivity contribution in [3.05, 3.63) is 28.8 Å². The minimum absolute atomic E-state index is 0.0490. The summed E-state index contributed by atoms with van der Waals surface area (Å²) in [6, 6.07) is 3.59. The molecule has 0 atom stereocenters. The fourth-order valence-electron chi connectivity index (χ4n) is 2.53. The minimum atomic E-state index is -0.899. The number of rotatable bonds is 7. The first kappa shape index (κ1) is 18.0. The van der Waals surface area contributed by atoms with E-state index in [0.717, 1.165) is 16.9 Å². The molecule has 0 radical (unpaired) electrons. The van der Waals surface area contributed by atoms with Crippen LogP contribution in [0.1, 0.15) is 41.8 Å². The molecule has 0 bridgehead atoms. The summed E-state index contributed by atoms with van der Waals surface area (Å²) in [4.78, 5) is 25.1. The van der Waals surface area contributed by atoms with Crippen molar-refractivity contribution >= 4 is 11.9 Å². The third-order valence-corrected chi connectivity index (χ3v) is 3.38. The molecule has 0 saturated carbocycles. The van der Waals surface area contributed by atoms with E-state index in [-0.39, 0.29) is 24.8 Å². The van der Waals surface area contributed by atoms with Crippen LogP contribution in [-0.2, 0) is 4.79 Å². The number of nitrogens with zero attached hydrogens (tertiary/aromatic N) is 1. The Morgan fingerprint density at radius 1 is 1.23 bits per heavy atom. The van der Waals surface area contributed by atoms with Crippen LogP contribution in [0.4, 0.5) is 0 Å². The predicted octanol–water partition coefficient (Wildman–Crippen LogP) is 2.88. The Morgan fingerprint density at radius 3 is 2.18 bits per heavy atom. The van der Waals surface area contributed by atoms with Gasteiger partial charge in [0, 0.05) is 18.7 Å². The van der Waals surface area contributed by atoms with Gasteiger partial charge in [-0.1, -0.05) is 13.8 Å². The van der Waals surface area contributed by atoms with Crippen molar-refractivity contribution in [1.29, 1.82) is 0 Å². The average molecular weight is 307 g/mol. The average Bonchev–Trinajstić information content (AvgIpc) is 2.41. The number of hydrogen-bond acceptors (Lipinski definition) is 3. The second-order valence-corrected chi connectivity index (χ2v) is 5.93. The summed E-state index contributed by atoms with van der Waals surface area (Å²) in [5.41, 5.74) is 2.36. The van der Waals surface area contributed by atoms with Gasteiger partial charge in [-0.15, -0.1) is 0 Å². The summed E-state index contributed by atoms with van der Waals surface area (Å²) < 4.78 is 5.31. The number of benzene rings is 1. The molecule has 5 nitrogen and oxygen atoms in total. The van der Waals surface area contributed by atoms with Crippen molar-refractivity contribution < 1.29 is 19.4 Å². The molecule has 1 aromatic rings. The fourth-order valence-corrected chi connectivity index (χ4v) is 2.53. The molecule has 0 heterocycles. The topological polar surface area (TPSA) is 66.8 Å². The molecule has 0 aliphatic rings. The Labute approximate surface area is 131 Å². The highest BCUT2D eigenvalue weighted by Crippen LogP contribution is 2.25. The molecule has 0 aromatic heterocycles. The summed E-state index contributed by atoms with van der Waals surface area (Å²) in [6.07, 6.45) is -0.0490. The fraction of sp³-hybridized carbons (Fsp3) is 0.529. The monoisotopic (exact) mass is 307 g/mol. The third kappa shape index (κ3) is 4.76. The molecule has 0 aliphatic carbocycles. The first-order chi connectivity index (χ1) is 10.3. The van der Waals surface area contributed by atoms with Crippen LogP contribution in [0.2, 0.25) is 0 Å². The van der Waals surface area contributed by atoms with E-state index < -0.39 is 5.97 Å². The number of amides is 1. The lowest BCUT2D eigenvalue weighted by Gasteiger charge is -2.24. The Morgan fingerprint density at radius 2 is 1.77 bits per heavy atom. The van der Waals surface area contributed by atoms with Gasteiger partial charge in [-0.2, -0.15) is 0 Å². The Balaban J connectivity index is 3.04. The first-order valence-electron chi connectivity index (χ1n) is 7.42. The zero-order valence-electron chi connectivity index (χ0n) is 14.0. The van der Waals surface area contributed by atoms with Gasteiger partial charge >= 0.3 is 5.97 Å². The summed E-state index contributed by atoms with van der Waals surface area (Å²) in [5.74, 6) is 0.0168. The highest BCUT2D eigenvalue weighted by molar-refractivity contribution is 5.95. The molecule has 0 aliphatic heterocycles. The minimum Gasteiger partial charge on any atom is -0.496 e. The molecular weight excluding hydrogens is 282 g/mol. The van der Waals surface area contributed by atoms with E-state index in [0.29, 0.717) is 12.1 Å². The van der Waals surface area contributed by atoms with Crippen molar-refractivity contribution in [1.82, 2.24) is 4.90 Å². The zero-order chi connectivity index (χ0) is 16.9. The van der Waals surface area contributed by atoms with Crippen molar-refractivity contribution in [2.24, 2.45) is 5.92 Å². The lowest BCUT2D eigenvalue weighted by Crippen LogP contribution is -2.36. The molecule has 1 aromatic carbocycles. The lowest BCUT2D eigenvalue weighted by atomic mass is 10.0. The summed E-state index contributed by atoms with van der Waals surface area (Å²) in [5, 5.41) is 8.85. The van der Waals surface area contributed by atoms with E-state index in [1.165, 1.54) is 0 Å². The molecule has 122 valence electrons. The maximum absolute atomic E-state index is 12.7. The van der Waals surface area contributed by atoms with Crippen LogP contribution in [0.25, 0.3) is 0 Å². The molecule has 1 rings (SSSR count). The van der Waals surface area contributed by atoms with Crippen LogP contribution in [0, 0.1) is 19.8 Å². The second-order valence-electron chi connectivity index (χ2n) is 5.93. The van der Waals surface area contributed by atoms with E-state index in [9.17, 15) is 9.59 Å². The van der Waals surface area contributed by atoms with Gasteiger partial charge in [-0.05, 0) is 43.0 Å². The molecule has 22 heavy (non-hydrogen) atoms. The van der Waals surface area contributed by atoms with Crippen molar-refractivity contribution in [2.75, 3.05) is 20.2 Å². The number of carbonyl (C=O) groups is 2. The van der Waals surface area contributed by atoms with Crippen LogP contribution in [0.5, 0.6) is 5.75 Å². The summed E-state index contributed by atoms with van der Waals surface area (Å²) in [6.45, 7) is 8.56. The summed E-state index contributed by atoms with van der Waals surface area (Å²) in [7, 11) is 1.61. The van der Waals surface area contributed by atoms with Crippen LogP contribution < -0.4 is 4.74 Å². The molecular formula is C17H25NO4. The first-order valence-corrected chi connectivity index (χ1v) is 7.42. The highest BCUT2D eigenvalue weighted by Gasteiger charge is 2.19. The van der Waals surface area contributed by atoms with E-state index >= 15 is 0 Å². The molecule has 0 unspecified atom stereocenters. The Bertz CT molecular complexity index is 529. The number of ether oxygens (including phenoxy) is 1. The Kier molecular flexibility index (Phi) is 6.40. The van der Waals surface area contributed by atoms with E-state index in [1.54, 1.807) is 24.1 Å². The van der Waals surface area contributed by atoms with Gasteiger partial charge in [0.2, 0.25) is 0 Å². The smallest absolute Gasteiger partial charge is 0.305 e. The quantitative estimate of drug-likeness (QED) is 0.841. The van der Waals surface area contributed by atoms with Gasteiger partial charge in [0.15, 0.2) is 0 Å². The molecule has 1 N–H and O–H groups in total. The molecule has 0 spiro atoms. The van der Waals surface area contributed by atoms with Crippen LogP contribution in [-0.4, -0.2) is 42.1 Å². The number of carbonyl (C=O) groups excluding carboxylic acids is 1. The van der Waals surface area contributed by atoms with E-state index in [4.69, 9.17) is 9.84 Å². The maximum atomic E-state index is 12.7. The number of hydrogen-bond donors (Lipinski definition) is 1. The van der Waals surface area contributed by atoms with Gasteiger partial charge in [0.05, 0.1) is 13.5 Å². The van der Waals surface area contributed by atoms with Gasteiger partial charge in [-0.25, -0.2) is 0 Å². The van der Waals surface area contributed by atoms with Gasteiger partial charge in [-0.3, -0.25) is 9.59 Å². The molecule has 0 fully saturated rings. The SMILES string of the molecule is COc1c(C)cc(C(=O)N(CCC(=O)O)CC(C)C)cc1C. The number of aliphatic carboxylic acids is 1. The molecule has 5 heteroatoms. The van der Waals surface area contributed by atoms with E-state index in [1.807, 2.05) is 27.7 Å². The number of methoxy groups -OCH3 is 1. The van der Waals surface area contributed by atoms with Gasteiger partial charge in [0.1, 0.15) is 5.75 Å². The Hall–Kier alpha value is -2.04. The number of carboxylic acids is 1. The zero-order valence-corrected chi connectivity index (χ0v) is 14.0. The van der Waals surface area contributed by atoms with Gasteiger partial charge in [0.25, 0.3) is 5.91 Å². The normalized spacial score (nSPS) is 10.6. The highest BCUT2D eigenvalue weighted by atomic mass is 16.5. The predicted molar refractivity (Wildman–Crippen MR) is 85.5 cm³/mol.